The molecular weight excluding hydrogens is 505 g/mol. The number of halogens is 1. The van der Waals surface area contributed by atoms with Gasteiger partial charge in [0.05, 0.1) is 13.2 Å². The van der Waals surface area contributed by atoms with E-state index in [0.717, 1.165) is 23.7 Å². The molecule has 0 spiro atoms. The molecule has 0 aliphatic rings. The molecule has 2 aromatic rings. The van der Waals surface area contributed by atoms with E-state index in [-0.39, 0.29) is 35.9 Å². The Kier molecular flexibility index (Phi) is 11.9. The van der Waals surface area contributed by atoms with Crippen molar-refractivity contribution in [2.24, 2.45) is 4.99 Å². The van der Waals surface area contributed by atoms with Crippen LogP contribution in [0.15, 0.2) is 53.5 Å². The van der Waals surface area contributed by atoms with Gasteiger partial charge in [-0.2, -0.15) is 0 Å². The summed E-state index contributed by atoms with van der Waals surface area (Å²) in [5.41, 5.74) is 2.98. The Morgan fingerprint density at radius 2 is 1.84 bits per heavy atom. The van der Waals surface area contributed by atoms with E-state index in [4.69, 9.17) is 4.74 Å². The summed E-state index contributed by atoms with van der Waals surface area (Å²) in [6.07, 6.45) is 0.793. The van der Waals surface area contributed by atoms with Crippen LogP contribution in [0.1, 0.15) is 27.5 Å². The largest absolute Gasteiger partial charge is 0.497 e. The lowest BCUT2D eigenvalue weighted by atomic mass is 10.1. The minimum atomic E-state index is -0.0736. The zero-order valence-corrected chi connectivity index (χ0v) is 21.3. The van der Waals surface area contributed by atoms with Crippen molar-refractivity contribution in [1.29, 1.82) is 0 Å². The normalized spacial score (nSPS) is 12.0. The minimum absolute atomic E-state index is 0. The lowest BCUT2D eigenvalue weighted by molar-refractivity contribution is 0.0963. The third kappa shape index (κ3) is 8.37. The Morgan fingerprint density at radius 1 is 1.13 bits per heavy atom. The zero-order chi connectivity index (χ0) is 21.9. The average Bonchev–Trinajstić information content (AvgIpc) is 2.77. The van der Waals surface area contributed by atoms with Gasteiger partial charge in [-0.05, 0) is 55.9 Å². The van der Waals surface area contributed by atoms with E-state index in [1.807, 2.05) is 36.4 Å². The minimum Gasteiger partial charge on any atom is -0.497 e. The molecule has 0 bridgehead atoms. The SMILES string of the molecule is CN=C(NCCc1cccc(C(=O)NC)c1)NCC(c1ccc(OC)cc1)N(C)C.I. The highest BCUT2D eigenvalue weighted by molar-refractivity contribution is 14.0. The highest BCUT2D eigenvalue weighted by Gasteiger charge is 2.15. The summed E-state index contributed by atoms with van der Waals surface area (Å²) in [5, 5.41) is 9.40. The quantitative estimate of drug-likeness (QED) is 0.260. The Morgan fingerprint density at radius 3 is 2.42 bits per heavy atom. The molecule has 0 aliphatic carbocycles. The van der Waals surface area contributed by atoms with Crippen molar-refractivity contribution in [2.75, 3.05) is 48.4 Å². The molecule has 0 radical (unpaired) electrons. The summed E-state index contributed by atoms with van der Waals surface area (Å²) in [6, 6.07) is 16.0. The van der Waals surface area contributed by atoms with Crippen molar-refractivity contribution < 1.29 is 9.53 Å². The first-order valence-electron chi connectivity index (χ1n) is 10.0. The Balaban J connectivity index is 0.00000480. The molecule has 0 fully saturated rings. The summed E-state index contributed by atoms with van der Waals surface area (Å²) in [5.74, 6) is 1.52. The molecule has 0 saturated carbocycles. The predicted octanol–water partition coefficient (Wildman–Crippen LogP) is 2.68. The maximum atomic E-state index is 11.8. The Hall–Kier alpha value is -2.33. The maximum Gasteiger partial charge on any atom is 0.251 e. The smallest absolute Gasteiger partial charge is 0.251 e. The molecule has 8 heteroatoms. The molecule has 7 nitrogen and oxygen atoms in total. The zero-order valence-electron chi connectivity index (χ0n) is 18.9. The molecular formula is C23H34IN5O2. The predicted molar refractivity (Wildman–Crippen MR) is 138 cm³/mol. The number of aliphatic imine (C=N–C) groups is 1. The van der Waals surface area contributed by atoms with Crippen LogP contribution < -0.4 is 20.7 Å². The summed E-state index contributed by atoms with van der Waals surface area (Å²) in [7, 11) is 9.20. The van der Waals surface area contributed by atoms with Gasteiger partial charge in [0, 0.05) is 32.7 Å². The molecule has 2 aromatic carbocycles. The maximum absolute atomic E-state index is 11.8. The van der Waals surface area contributed by atoms with Gasteiger partial charge in [0.25, 0.3) is 5.91 Å². The van der Waals surface area contributed by atoms with E-state index in [2.05, 4.69) is 52.1 Å². The fourth-order valence-electron chi connectivity index (χ4n) is 3.18. The Labute approximate surface area is 202 Å². The van der Waals surface area contributed by atoms with E-state index in [0.29, 0.717) is 18.7 Å². The molecule has 1 unspecified atom stereocenters. The number of nitrogens with one attached hydrogen (secondary N) is 3. The summed E-state index contributed by atoms with van der Waals surface area (Å²) >= 11 is 0. The van der Waals surface area contributed by atoms with Gasteiger partial charge >= 0.3 is 0 Å². The number of amides is 1. The van der Waals surface area contributed by atoms with E-state index in [1.165, 1.54) is 5.56 Å². The van der Waals surface area contributed by atoms with E-state index < -0.39 is 0 Å². The van der Waals surface area contributed by atoms with E-state index >= 15 is 0 Å². The van der Waals surface area contributed by atoms with Gasteiger partial charge in [0.15, 0.2) is 5.96 Å². The molecule has 0 aliphatic heterocycles. The number of hydrogen-bond acceptors (Lipinski definition) is 4. The van der Waals surface area contributed by atoms with Crippen LogP contribution in [0.25, 0.3) is 0 Å². The average molecular weight is 539 g/mol. The standard InChI is InChI=1S/C23H33N5O2.HI/c1-24-22(29)19-8-6-7-17(15-19)13-14-26-23(25-2)27-16-21(28(3)4)18-9-11-20(30-5)12-10-18;/h6-12,15,21H,13-14,16H2,1-5H3,(H,24,29)(H2,25,26,27);1H. The second kappa shape index (κ2) is 13.9. The fourth-order valence-corrected chi connectivity index (χ4v) is 3.18. The van der Waals surface area contributed by atoms with Crippen molar-refractivity contribution in [3.63, 3.8) is 0 Å². The summed E-state index contributed by atoms with van der Waals surface area (Å²) in [4.78, 5) is 18.3. The van der Waals surface area contributed by atoms with E-state index in [1.54, 1.807) is 21.2 Å². The number of rotatable bonds is 9. The van der Waals surface area contributed by atoms with Crippen LogP contribution in [0.3, 0.4) is 0 Å². The number of hydrogen-bond donors (Lipinski definition) is 3. The second-order valence-corrected chi connectivity index (χ2v) is 7.16. The van der Waals surface area contributed by atoms with Gasteiger partial charge < -0.3 is 25.6 Å². The molecule has 1 atom stereocenters. The highest BCUT2D eigenvalue weighted by atomic mass is 127. The topological polar surface area (TPSA) is 78.0 Å². The molecule has 3 N–H and O–H groups in total. The van der Waals surface area contributed by atoms with Crippen molar-refractivity contribution >= 4 is 35.8 Å². The number of benzene rings is 2. The monoisotopic (exact) mass is 539 g/mol. The molecule has 31 heavy (non-hydrogen) atoms. The van der Waals surface area contributed by atoms with Crippen molar-refractivity contribution in [3.05, 3.63) is 65.2 Å². The van der Waals surface area contributed by atoms with Crippen LogP contribution in [-0.2, 0) is 6.42 Å². The third-order valence-electron chi connectivity index (χ3n) is 4.93. The summed E-state index contributed by atoms with van der Waals surface area (Å²) in [6.45, 7) is 1.43. The summed E-state index contributed by atoms with van der Waals surface area (Å²) < 4.78 is 5.25. The number of nitrogens with zero attached hydrogens (tertiary/aromatic N) is 2. The number of carbonyl (C=O) groups is 1. The van der Waals surface area contributed by atoms with Gasteiger partial charge in [0.1, 0.15) is 5.75 Å². The van der Waals surface area contributed by atoms with E-state index in [9.17, 15) is 4.79 Å². The first-order valence-corrected chi connectivity index (χ1v) is 10.0. The van der Waals surface area contributed by atoms with Crippen molar-refractivity contribution in [2.45, 2.75) is 12.5 Å². The highest BCUT2D eigenvalue weighted by Crippen LogP contribution is 2.20. The number of carbonyl (C=O) groups excluding carboxylic acids is 1. The van der Waals surface area contributed by atoms with Crippen LogP contribution in [-0.4, -0.2) is 65.2 Å². The van der Waals surface area contributed by atoms with Gasteiger partial charge in [-0.25, -0.2) is 0 Å². The van der Waals surface area contributed by atoms with Crippen LogP contribution in [0, 0.1) is 0 Å². The first kappa shape index (κ1) is 26.7. The van der Waals surface area contributed by atoms with Crippen LogP contribution >= 0.6 is 24.0 Å². The van der Waals surface area contributed by atoms with Crippen molar-refractivity contribution in [1.82, 2.24) is 20.9 Å². The fraction of sp³-hybridized carbons (Fsp3) is 0.391. The molecule has 0 saturated heterocycles. The Bertz CT molecular complexity index is 840. The van der Waals surface area contributed by atoms with Crippen LogP contribution in [0.2, 0.25) is 0 Å². The van der Waals surface area contributed by atoms with Crippen molar-refractivity contribution in [3.8, 4) is 5.75 Å². The number of ether oxygens (including phenoxy) is 1. The van der Waals surface area contributed by atoms with Gasteiger partial charge in [-0.1, -0.05) is 24.3 Å². The molecule has 0 heterocycles. The number of methoxy groups -OCH3 is 1. The molecule has 1 amide bonds. The van der Waals surface area contributed by atoms with Crippen LogP contribution in [0.5, 0.6) is 5.75 Å². The van der Waals surface area contributed by atoms with Gasteiger partial charge in [-0.3, -0.25) is 9.79 Å². The molecule has 0 aromatic heterocycles. The third-order valence-corrected chi connectivity index (χ3v) is 4.93. The lowest BCUT2D eigenvalue weighted by Gasteiger charge is -2.26. The van der Waals surface area contributed by atoms with Gasteiger partial charge in [-0.15, -0.1) is 24.0 Å². The molecule has 2 rings (SSSR count). The first-order chi connectivity index (χ1) is 14.5. The second-order valence-electron chi connectivity index (χ2n) is 7.16. The van der Waals surface area contributed by atoms with Gasteiger partial charge in [0.2, 0.25) is 0 Å². The van der Waals surface area contributed by atoms with Crippen LogP contribution in [0.4, 0.5) is 0 Å². The number of guanidine groups is 1. The lowest BCUT2D eigenvalue weighted by Crippen LogP contribution is -2.42. The number of likely N-dealkylation sites (N-methyl/N-ethyl adjacent to an activating group) is 1. The molecule has 170 valence electrons.